The molecule has 1 aromatic carbocycles. The molecule has 0 saturated heterocycles. The zero-order valence-electron chi connectivity index (χ0n) is 10.7. The van der Waals surface area contributed by atoms with E-state index in [0.29, 0.717) is 12.2 Å². The third-order valence-corrected chi connectivity index (χ3v) is 4.39. The number of hydrogen-bond donors (Lipinski definition) is 2. The molecule has 0 unspecified atom stereocenters. The molecule has 2 aromatic heterocycles. The van der Waals surface area contributed by atoms with Gasteiger partial charge >= 0.3 is 0 Å². The highest BCUT2D eigenvalue weighted by Gasteiger charge is 2.10. The van der Waals surface area contributed by atoms with Gasteiger partial charge in [-0.1, -0.05) is 29.3 Å². The Morgan fingerprint density at radius 1 is 1.29 bits per heavy atom. The first kappa shape index (κ1) is 14.4. The van der Waals surface area contributed by atoms with E-state index in [0.717, 1.165) is 16.1 Å². The standard InChI is InChI=1S/C14H10Cl2FN3S/c15-10-4-9(5-11(16)13(10)17)18-6-8-7-19-20-14(8)12-2-1-3-21-12/h1-5,7,18H,6H2,(H,19,20). The Bertz CT molecular complexity index is 732. The van der Waals surface area contributed by atoms with Crippen LogP contribution >= 0.6 is 34.5 Å². The number of aromatic amines is 1. The number of rotatable bonds is 4. The van der Waals surface area contributed by atoms with Gasteiger partial charge in [0.25, 0.3) is 0 Å². The highest BCUT2D eigenvalue weighted by molar-refractivity contribution is 7.13. The number of benzene rings is 1. The summed E-state index contributed by atoms with van der Waals surface area (Å²) in [5.74, 6) is -0.605. The molecule has 2 N–H and O–H groups in total. The van der Waals surface area contributed by atoms with Crippen LogP contribution in [0.2, 0.25) is 10.0 Å². The molecule has 0 atom stereocenters. The van der Waals surface area contributed by atoms with Gasteiger partial charge in [0.2, 0.25) is 0 Å². The zero-order chi connectivity index (χ0) is 14.8. The van der Waals surface area contributed by atoms with E-state index in [1.807, 2.05) is 17.5 Å². The quantitative estimate of drug-likeness (QED) is 0.640. The maximum atomic E-state index is 13.4. The van der Waals surface area contributed by atoms with Crippen LogP contribution in [0.1, 0.15) is 5.56 Å². The Hall–Kier alpha value is -1.56. The number of nitrogens with one attached hydrogen (secondary N) is 2. The van der Waals surface area contributed by atoms with Crippen LogP contribution in [-0.2, 0) is 6.54 Å². The van der Waals surface area contributed by atoms with Gasteiger partial charge in [0.15, 0.2) is 5.82 Å². The van der Waals surface area contributed by atoms with Gasteiger partial charge in [-0.05, 0) is 23.6 Å². The predicted octanol–water partition coefficient (Wildman–Crippen LogP) is 5.20. The zero-order valence-corrected chi connectivity index (χ0v) is 13.0. The molecule has 0 amide bonds. The molecular formula is C14H10Cl2FN3S. The van der Waals surface area contributed by atoms with E-state index in [1.165, 1.54) is 12.1 Å². The average Bonchev–Trinajstić information content (AvgIpc) is 3.12. The maximum absolute atomic E-state index is 13.4. The molecule has 0 aliphatic rings. The molecule has 0 bridgehead atoms. The highest BCUT2D eigenvalue weighted by Crippen LogP contribution is 2.29. The van der Waals surface area contributed by atoms with Crippen LogP contribution < -0.4 is 5.32 Å². The van der Waals surface area contributed by atoms with Gasteiger partial charge in [0.05, 0.1) is 26.8 Å². The van der Waals surface area contributed by atoms with E-state index in [4.69, 9.17) is 23.2 Å². The Balaban J connectivity index is 1.79. The third kappa shape index (κ3) is 3.05. The first-order valence-corrected chi connectivity index (χ1v) is 7.73. The summed E-state index contributed by atoms with van der Waals surface area (Å²) in [5, 5.41) is 12.2. The summed E-state index contributed by atoms with van der Waals surface area (Å²) in [6.07, 6.45) is 1.76. The van der Waals surface area contributed by atoms with E-state index >= 15 is 0 Å². The van der Waals surface area contributed by atoms with Crippen LogP contribution in [0.25, 0.3) is 10.6 Å². The van der Waals surface area contributed by atoms with Crippen LogP contribution in [0.5, 0.6) is 0 Å². The van der Waals surface area contributed by atoms with Crippen LogP contribution in [0, 0.1) is 5.82 Å². The summed E-state index contributed by atoms with van der Waals surface area (Å²) in [6, 6.07) is 7.02. The summed E-state index contributed by atoms with van der Waals surface area (Å²) in [6.45, 7) is 0.530. The molecule has 108 valence electrons. The van der Waals surface area contributed by atoms with Crippen LogP contribution in [0.3, 0.4) is 0 Å². The van der Waals surface area contributed by atoms with Crippen molar-refractivity contribution in [3.63, 3.8) is 0 Å². The molecule has 7 heteroatoms. The lowest BCUT2D eigenvalue weighted by molar-refractivity contribution is 0.629. The fourth-order valence-electron chi connectivity index (χ4n) is 1.93. The molecule has 2 heterocycles. The normalized spacial score (nSPS) is 10.8. The maximum Gasteiger partial charge on any atom is 0.160 e. The van der Waals surface area contributed by atoms with Crippen molar-refractivity contribution in [3.8, 4) is 10.6 Å². The van der Waals surface area contributed by atoms with E-state index < -0.39 is 5.82 Å². The van der Waals surface area contributed by atoms with Gasteiger partial charge in [-0.25, -0.2) is 4.39 Å². The summed E-state index contributed by atoms with van der Waals surface area (Å²) in [5.41, 5.74) is 2.63. The number of halogens is 3. The van der Waals surface area contributed by atoms with Crippen LogP contribution in [-0.4, -0.2) is 10.2 Å². The fourth-order valence-corrected chi connectivity index (χ4v) is 3.18. The predicted molar refractivity (Wildman–Crippen MR) is 85.6 cm³/mol. The van der Waals surface area contributed by atoms with Crippen LogP contribution in [0.4, 0.5) is 10.1 Å². The Morgan fingerprint density at radius 3 is 2.71 bits per heavy atom. The number of H-pyrrole nitrogens is 1. The minimum atomic E-state index is -0.605. The lowest BCUT2D eigenvalue weighted by Crippen LogP contribution is -2.00. The van der Waals surface area contributed by atoms with Gasteiger partial charge in [-0.2, -0.15) is 5.10 Å². The average molecular weight is 342 g/mol. The van der Waals surface area contributed by atoms with E-state index in [9.17, 15) is 4.39 Å². The summed E-state index contributed by atoms with van der Waals surface area (Å²) in [4.78, 5) is 1.11. The van der Waals surface area contributed by atoms with Crippen molar-refractivity contribution in [2.75, 3.05) is 5.32 Å². The Kier molecular flexibility index (Phi) is 4.14. The van der Waals surface area contributed by atoms with Gasteiger partial charge in [0, 0.05) is 17.8 Å². The summed E-state index contributed by atoms with van der Waals surface area (Å²) in [7, 11) is 0. The van der Waals surface area contributed by atoms with Crippen molar-refractivity contribution in [3.05, 3.63) is 57.3 Å². The minimum Gasteiger partial charge on any atom is -0.381 e. The lowest BCUT2D eigenvalue weighted by Gasteiger charge is -2.08. The number of thiophene rings is 1. The van der Waals surface area contributed by atoms with E-state index in [2.05, 4.69) is 15.5 Å². The first-order valence-electron chi connectivity index (χ1n) is 6.09. The van der Waals surface area contributed by atoms with Crippen LogP contribution in [0.15, 0.2) is 35.8 Å². The van der Waals surface area contributed by atoms with E-state index in [1.54, 1.807) is 17.5 Å². The number of aromatic nitrogens is 2. The minimum absolute atomic E-state index is 0.00401. The summed E-state index contributed by atoms with van der Waals surface area (Å²) < 4.78 is 13.4. The van der Waals surface area contributed by atoms with Gasteiger partial charge < -0.3 is 5.32 Å². The summed E-state index contributed by atoms with van der Waals surface area (Å²) >= 11 is 13.2. The Labute approximate surface area is 134 Å². The first-order chi connectivity index (χ1) is 10.1. The molecular weight excluding hydrogens is 332 g/mol. The highest BCUT2D eigenvalue weighted by atomic mass is 35.5. The number of nitrogens with zero attached hydrogens (tertiary/aromatic N) is 1. The second-order valence-corrected chi connectivity index (χ2v) is 6.12. The van der Waals surface area contributed by atoms with Crippen molar-refractivity contribution >= 4 is 40.2 Å². The lowest BCUT2D eigenvalue weighted by atomic mass is 10.2. The number of hydrogen-bond acceptors (Lipinski definition) is 3. The molecule has 3 aromatic rings. The molecule has 0 aliphatic heterocycles. The molecule has 21 heavy (non-hydrogen) atoms. The molecule has 3 rings (SSSR count). The van der Waals surface area contributed by atoms with Crippen molar-refractivity contribution in [1.29, 1.82) is 0 Å². The van der Waals surface area contributed by atoms with Crippen molar-refractivity contribution < 1.29 is 4.39 Å². The molecule has 0 radical (unpaired) electrons. The smallest absolute Gasteiger partial charge is 0.160 e. The topological polar surface area (TPSA) is 40.7 Å². The van der Waals surface area contributed by atoms with Crippen molar-refractivity contribution in [2.24, 2.45) is 0 Å². The van der Waals surface area contributed by atoms with Crippen molar-refractivity contribution in [1.82, 2.24) is 10.2 Å². The SMILES string of the molecule is Fc1c(Cl)cc(NCc2cn[nH]c2-c2cccs2)cc1Cl. The Morgan fingerprint density at radius 2 is 2.05 bits per heavy atom. The molecule has 0 fully saturated rings. The molecule has 3 nitrogen and oxygen atoms in total. The van der Waals surface area contributed by atoms with Gasteiger partial charge in [0.1, 0.15) is 0 Å². The monoisotopic (exact) mass is 341 g/mol. The van der Waals surface area contributed by atoms with E-state index in [-0.39, 0.29) is 10.0 Å². The molecule has 0 saturated carbocycles. The van der Waals surface area contributed by atoms with Gasteiger partial charge in [-0.3, -0.25) is 5.10 Å². The largest absolute Gasteiger partial charge is 0.381 e. The second kappa shape index (κ2) is 6.05. The van der Waals surface area contributed by atoms with Crippen molar-refractivity contribution in [2.45, 2.75) is 6.54 Å². The molecule has 0 spiro atoms. The fraction of sp³-hybridized carbons (Fsp3) is 0.0714. The molecule has 0 aliphatic carbocycles. The number of anilines is 1. The second-order valence-electron chi connectivity index (χ2n) is 4.35. The third-order valence-electron chi connectivity index (χ3n) is 2.95. The van der Waals surface area contributed by atoms with Gasteiger partial charge in [-0.15, -0.1) is 11.3 Å².